The van der Waals surface area contributed by atoms with Gasteiger partial charge in [-0.05, 0) is 121 Å². The fourth-order valence-corrected chi connectivity index (χ4v) is 9.52. The van der Waals surface area contributed by atoms with Crippen LogP contribution in [0.5, 0.6) is 0 Å². The smallest absolute Gasteiger partial charge is 0.0316 e. The third-order valence-corrected chi connectivity index (χ3v) is 13.2. The van der Waals surface area contributed by atoms with E-state index in [0.717, 1.165) is 11.4 Å². The number of rotatable bonds is 32. The Hall–Kier alpha value is -3.52. The summed E-state index contributed by atoms with van der Waals surface area (Å²) in [5, 5.41) is 0. The van der Waals surface area contributed by atoms with Crippen LogP contribution >= 0.6 is 0 Å². The van der Waals surface area contributed by atoms with E-state index in [-0.39, 0.29) is 0 Å². The fourth-order valence-electron chi connectivity index (χ4n) is 9.52. The molecule has 59 heavy (non-hydrogen) atoms. The van der Waals surface area contributed by atoms with Crippen LogP contribution in [0.4, 0.5) is 11.4 Å². The number of aryl methyl sites for hydroxylation is 4. The average Bonchev–Trinajstić information content (AvgIpc) is 3.23. The van der Waals surface area contributed by atoms with Gasteiger partial charge < -0.3 is 11.5 Å². The van der Waals surface area contributed by atoms with Gasteiger partial charge in [0.1, 0.15) is 0 Å². The van der Waals surface area contributed by atoms with Crippen LogP contribution in [0.15, 0.2) is 84.9 Å². The highest BCUT2D eigenvalue weighted by Crippen LogP contribution is 2.35. The molecule has 0 aliphatic heterocycles. The summed E-state index contributed by atoms with van der Waals surface area (Å²) in [5.41, 5.74) is 25.5. The minimum absolute atomic E-state index is 0.458. The van der Waals surface area contributed by atoms with Crippen molar-refractivity contribution in [3.8, 4) is 0 Å². The Morgan fingerprint density at radius 1 is 0.356 bits per heavy atom. The highest BCUT2D eigenvalue weighted by molar-refractivity contribution is 5.49. The maximum Gasteiger partial charge on any atom is 0.0316 e. The van der Waals surface area contributed by atoms with Crippen LogP contribution in [0.25, 0.3) is 0 Å². The van der Waals surface area contributed by atoms with Gasteiger partial charge in [-0.25, -0.2) is 0 Å². The quantitative estimate of drug-likeness (QED) is 0.0382. The van der Waals surface area contributed by atoms with E-state index < -0.39 is 0 Å². The molecule has 4 N–H and O–H groups in total. The third-order valence-electron chi connectivity index (χ3n) is 13.2. The molecule has 2 atom stereocenters. The van der Waals surface area contributed by atoms with Gasteiger partial charge >= 0.3 is 0 Å². The summed E-state index contributed by atoms with van der Waals surface area (Å²) >= 11 is 0. The van der Waals surface area contributed by atoms with Gasteiger partial charge in [0.2, 0.25) is 0 Å². The van der Waals surface area contributed by atoms with Gasteiger partial charge in [0.05, 0.1) is 0 Å². The second-order valence-corrected chi connectivity index (χ2v) is 18.3. The maximum atomic E-state index is 6.14. The Bertz CT molecular complexity index is 1540. The maximum absolute atomic E-state index is 6.14. The number of anilines is 2. The monoisotopic (exact) mass is 799 g/mol. The van der Waals surface area contributed by atoms with Crippen molar-refractivity contribution in [3.63, 3.8) is 0 Å². The summed E-state index contributed by atoms with van der Waals surface area (Å²) in [4.78, 5) is 0. The van der Waals surface area contributed by atoms with Gasteiger partial charge in [-0.1, -0.05) is 209 Å². The minimum Gasteiger partial charge on any atom is -0.399 e. The van der Waals surface area contributed by atoms with E-state index in [9.17, 15) is 0 Å². The van der Waals surface area contributed by atoms with Crippen molar-refractivity contribution in [2.24, 2.45) is 0 Å². The van der Waals surface area contributed by atoms with Gasteiger partial charge in [0.15, 0.2) is 0 Å². The Balaban J connectivity index is 1.10. The first-order valence-corrected chi connectivity index (χ1v) is 24.8. The lowest BCUT2D eigenvalue weighted by Gasteiger charge is -2.21. The molecule has 4 aromatic carbocycles. The molecule has 0 heterocycles. The fraction of sp³-hybridized carbons (Fsp3) is 0.579. The number of nitrogen functional groups attached to an aromatic ring is 2. The largest absolute Gasteiger partial charge is 0.399 e. The number of unbranched alkanes of at least 4 members (excludes halogenated alkanes) is 20. The van der Waals surface area contributed by atoms with Gasteiger partial charge in [-0.2, -0.15) is 0 Å². The lowest BCUT2D eigenvalue weighted by atomic mass is 9.84. The van der Waals surface area contributed by atoms with Gasteiger partial charge in [-0.3, -0.25) is 0 Å². The molecule has 0 bridgehead atoms. The first-order valence-electron chi connectivity index (χ1n) is 24.8. The third kappa shape index (κ3) is 18.3. The van der Waals surface area contributed by atoms with Crippen LogP contribution in [0.3, 0.4) is 0 Å². The minimum atomic E-state index is 0.458. The summed E-state index contributed by atoms with van der Waals surface area (Å²) in [6.07, 6.45) is 36.0. The molecule has 0 saturated carbocycles. The number of benzene rings is 4. The molecule has 0 radical (unpaired) electrons. The first-order chi connectivity index (χ1) is 28.9. The van der Waals surface area contributed by atoms with Crippen LogP contribution in [-0.2, 0) is 12.8 Å². The molecule has 0 amide bonds. The highest BCUT2D eigenvalue weighted by Gasteiger charge is 2.18. The second kappa shape index (κ2) is 28.9. The van der Waals surface area contributed by atoms with E-state index in [0.29, 0.717) is 11.8 Å². The SMILES string of the molecule is CCCCCCCCCC(c1ccc(CCCCCCCCCCCc2ccc(C(CCCCCCCCC)c3ccc(N)cc3C)cc2)cc1)c1ccc(N)cc1C. The van der Waals surface area contributed by atoms with Crippen molar-refractivity contribution in [3.05, 3.63) is 129 Å². The van der Waals surface area contributed by atoms with Gasteiger partial charge in [-0.15, -0.1) is 0 Å². The molecule has 0 aromatic heterocycles. The normalized spacial score (nSPS) is 12.5. The highest BCUT2D eigenvalue weighted by atomic mass is 14.5. The summed E-state index contributed by atoms with van der Waals surface area (Å²) < 4.78 is 0. The predicted octanol–water partition coefficient (Wildman–Crippen LogP) is 17.3. The Morgan fingerprint density at radius 2 is 0.661 bits per heavy atom. The molecule has 0 spiro atoms. The standard InChI is InChI=1S/C57H86N2/c1-5-7-9-11-16-22-26-30-56(54-42-40-52(58)44-46(54)3)50-36-32-48(33-37-50)28-24-20-18-14-13-15-19-21-25-29-49-34-38-51(39-35-49)57(31-27-23-17-12-10-8-6-2)55-43-41-53(59)45-47(55)4/h32-45,56-57H,5-31,58-59H2,1-4H3. The predicted molar refractivity (Wildman–Crippen MR) is 262 cm³/mol. The van der Waals surface area contributed by atoms with Gasteiger partial charge in [0, 0.05) is 23.2 Å². The van der Waals surface area contributed by atoms with E-state index >= 15 is 0 Å². The lowest BCUT2D eigenvalue weighted by molar-refractivity contribution is 0.557. The van der Waals surface area contributed by atoms with E-state index in [4.69, 9.17) is 11.5 Å². The number of nitrogens with two attached hydrogens (primary N) is 2. The first kappa shape index (κ1) is 48.1. The number of hydrogen-bond donors (Lipinski definition) is 2. The van der Waals surface area contributed by atoms with E-state index in [1.807, 2.05) is 0 Å². The summed E-state index contributed by atoms with van der Waals surface area (Å²) in [6, 6.07) is 32.4. The molecule has 4 rings (SSSR count). The molecule has 2 unspecified atom stereocenters. The number of hydrogen-bond acceptors (Lipinski definition) is 2. The van der Waals surface area contributed by atoms with Crippen LogP contribution in [0, 0.1) is 13.8 Å². The van der Waals surface area contributed by atoms with Crippen molar-refractivity contribution in [1.29, 1.82) is 0 Å². The Labute approximate surface area is 363 Å². The van der Waals surface area contributed by atoms with Crippen LogP contribution in [-0.4, -0.2) is 0 Å². The molecule has 0 aliphatic carbocycles. The van der Waals surface area contributed by atoms with Gasteiger partial charge in [0.25, 0.3) is 0 Å². The van der Waals surface area contributed by atoms with Crippen molar-refractivity contribution in [2.45, 2.75) is 213 Å². The van der Waals surface area contributed by atoms with E-state index in [2.05, 4.69) is 113 Å². The zero-order valence-electron chi connectivity index (χ0n) is 38.5. The topological polar surface area (TPSA) is 52.0 Å². The van der Waals surface area contributed by atoms with Crippen LogP contribution in [0.1, 0.15) is 231 Å². The van der Waals surface area contributed by atoms with Crippen LogP contribution < -0.4 is 11.5 Å². The molecule has 2 nitrogen and oxygen atoms in total. The lowest BCUT2D eigenvalue weighted by Crippen LogP contribution is -2.05. The summed E-state index contributed by atoms with van der Waals surface area (Å²) in [6.45, 7) is 9.06. The van der Waals surface area contributed by atoms with Crippen molar-refractivity contribution in [1.82, 2.24) is 0 Å². The van der Waals surface area contributed by atoms with Crippen molar-refractivity contribution >= 4 is 11.4 Å². The Morgan fingerprint density at radius 3 is 0.983 bits per heavy atom. The zero-order valence-corrected chi connectivity index (χ0v) is 38.5. The molecule has 4 aromatic rings. The molecule has 324 valence electrons. The van der Waals surface area contributed by atoms with Crippen molar-refractivity contribution < 1.29 is 0 Å². The molecule has 0 saturated heterocycles. The average molecular weight is 799 g/mol. The molecule has 0 aliphatic rings. The van der Waals surface area contributed by atoms with Crippen LogP contribution in [0.2, 0.25) is 0 Å². The summed E-state index contributed by atoms with van der Waals surface area (Å²) in [7, 11) is 0. The molecular weight excluding hydrogens is 713 g/mol. The molecular formula is C57H86N2. The molecule has 2 heteroatoms. The second-order valence-electron chi connectivity index (χ2n) is 18.3. The zero-order chi connectivity index (χ0) is 41.9. The van der Waals surface area contributed by atoms with E-state index in [1.165, 1.54) is 218 Å². The summed E-state index contributed by atoms with van der Waals surface area (Å²) in [5.74, 6) is 0.917. The molecule has 0 fully saturated rings. The van der Waals surface area contributed by atoms with Crippen molar-refractivity contribution in [2.75, 3.05) is 11.5 Å². The van der Waals surface area contributed by atoms with E-state index in [1.54, 1.807) is 0 Å². The Kier molecular flexibility index (Phi) is 23.6.